The van der Waals surface area contributed by atoms with Crippen LogP contribution < -0.4 is 11.5 Å². The van der Waals surface area contributed by atoms with Crippen LogP contribution in [0.5, 0.6) is 0 Å². The summed E-state index contributed by atoms with van der Waals surface area (Å²) < 4.78 is 0. The van der Waals surface area contributed by atoms with Gasteiger partial charge in [0.05, 0.1) is 12.5 Å². The molecule has 5 heteroatoms. The molecule has 0 heterocycles. The van der Waals surface area contributed by atoms with Crippen molar-refractivity contribution in [3.63, 3.8) is 0 Å². The maximum absolute atomic E-state index is 12.0. The van der Waals surface area contributed by atoms with Crippen molar-refractivity contribution in [1.29, 1.82) is 0 Å². The molecule has 16 heavy (non-hydrogen) atoms. The quantitative estimate of drug-likeness (QED) is 0.644. The van der Waals surface area contributed by atoms with E-state index in [9.17, 15) is 9.59 Å². The van der Waals surface area contributed by atoms with Crippen LogP contribution in [0.25, 0.3) is 0 Å². The summed E-state index contributed by atoms with van der Waals surface area (Å²) in [6.45, 7) is 0.815. The van der Waals surface area contributed by atoms with Crippen LogP contribution in [-0.4, -0.2) is 35.3 Å². The van der Waals surface area contributed by atoms with E-state index < -0.39 is 11.9 Å². The van der Waals surface area contributed by atoms with Gasteiger partial charge in [-0.25, -0.2) is 0 Å². The van der Waals surface area contributed by atoms with Crippen LogP contribution in [-0.2, 0) is 9.59 Å². The summed E-state index contributed by atoms with van der Waals surface area (Å²) in [5, 5.41) is 0. The van der Waals surface area contributed by atoms with Gasteiger partial charge in [0.15, 0.2) is 0 Å². The maximum atomic E-state index is 12.0. The SMILES string of the molecule is NC(=O)CC(N)C(=O)N(CC1CC1)C1CC1. The molecule has 0 saturated heterocycles. The lowest BCUT2D eigenvalue weighted by Gasteiger charge is -2.25. The molecule has 0 bridgehead atoms. The standard InChI is InChI=1S/C11H19N3O2/c12-9(5-10(13)15)11(16)14(8-3-4-8)6-7-1-2-7/h7-9H,1-6,12H2,(H2,13,15). The van der Waals surface area contributed by atoms with Gasteiger partial charge in [-0.1, -0.05) is 0 Å². The van der Waals surface area contributed by atoms with Crippen molar-refractivity contribution in [2.45, 2.75) is 44.2 Å². The number of rotatable bonds is 6. The van der Waals surface area contributed by atoms with E-state index in [1.807, 2.05) is 4.90 Å². The zero-order chi connectivity index (χ0) is 11.7. The van der Waals surface area contributed by atoms with Crippen molar-refractivity contribution < 1.29 is 9.59 Å². The molecule has 1 unspecified atom stereocenters. The fourth-order valence-electron chi connectivity index (χ4n) is 1.90. The first-order chi connectivity index (χ1) is 7.58. The third kappa shape index (κ3) is 2.95. The second-order valence-electron chi connectivity index (χ2n) is 4.94. The highest BCUT2D eigenvalue weighted by Gasteiger charge is 2.38. The summed E-state index contributed by atoms with van der Waals surface area (Å²) in [6.07, 6.45) is 4.51. The van der Waals surface area contributed by atoms with Gasteiger partial charge in [0.25, 0.3) is 0 Å². The lowest BCUT2D eigenvalue weighted by Crippen LogP contribution is -2.47. The molecule has 2 aliphatic rings. The second-order valence-corrected chi connectivity index (χ2v) is 4.94. The van der Waals surface area contributed by atoms with Gasteiger partial charge in [-0.2, -0.15) is 0 Å². The van der Waals surface area contributed by atoms with Crippen molar-refractivity contribution in [1.82, 2.24) is 4.90 Å². The predicted octanol–water partition coefficient (Wildman–Crippen LogP) is -0.410. The van der Waals surface area contributed by atoms with E-state index in [1.54, 1.807) is 0 Å². The highest BCUT2D eigenvalue weighted by molar-refractivity contribution is 5.87. The van der Waals surface area contributed by atoms with E-state index >= 15 is 0 Å². The summed E-state index contributed by atoms with van der Waals surface area (Å²) in [6, 6.07) is -0.385. The molecule has 2 aliphatic carbocycles. The Bertz CT molecular complexity index is 298. The van der Waals surface area contributed by atoms with Gasteiger partial charge in [0, 0.05) is 12.6 Å². The summed E-state index contributed by atoms with van der Waals surface area (Å²) in [5.41, 5.74) is 10.7. The normalized spacial score (nSPS) is 21.6. The van der Waals surface area contributed by atoms with Gasteiger partial charge in [-0.3, -0.25) is 9.59 Å². The summed E-state index contributed by atoms with van der Waals surface area (Å²) in [7, 11) is 0. The Morgan fingerprint density at radius 2 is 1.88 bits per heavy atom. The van der Waals surface area contributed by atoms with Crippen LogP contribution in [0.2, 0.25) is 0 Å². The number of nitrogens with two attached hydrogens (primary N) is 2. The Balaban J connectivity index is 1.89. The number of nitrogens with zero attached hydrogens (tertiary/aromatic N) is 1. The lowest BCUT2D eigenvalue weighted by molar-refractivity contribution is -0.135. The Kier molecular flexibility index (Phi) is 3.14. The third-order valence-corrected chi connectivity index (χ3v) is 3.16. The van der Waals surface area contributed by atoms with E-state index in [-0.39, 0.29) is 12.3 Å². The topological polar surface area (TPSA) is 89.4 Å². The number of primary amides is 1. The minimum absolute atomic E-state index is 0.0489. The van der Waals surface area contributed by atoms with Gasteiger partial charge in [0.2, 0.25) is 11.8 Å². The molecule has 0 spiro atoms. The molecule has 0 aromatic rings. The molecular weight excluding hydrogens is 206 g/mol. The zero-order valence-corrected chi connectivity index (χ0v) is 9.39. The molecular formula is C11H19N3O2. The van der Waals surface area contributed by atoms with Crippen molar-refractivity contribution in [3.05, 3.63) is 0 Å². The fourth-order valence-corrected chi connectivity index (χ4v) is 1.90. The highest BCUT2D eigenvalue weighted by atomic mass is 16.2. The molecule has 4 N–H and O–H groups in total. The molecule has 2 rings (SSSR count). The van der Waals surface area contributed by atoms with Gasteiger partial charge >= 0.3 is 0 Å². The summed E-state index contributed by atoms with van der Waals surface area (Å²) in [5.74, 6) is 0.0431. The first-order valence-electron chi connectivity index (χ1n) is 5.92. The molecule has 0 aromatic heterocycles. The number of amides is 2. The van der Waals surface area contributed by atoms with Crippen LogP contribution >= 0.6 is 0 Å². The average Bonchev–Trinajstić information content (AvgIpc) is 3.03. The van der Waals surface area contributed by atoms with E-state index in [0.717, 1.165) is 19.4 Å². The maximum Gasteiger partial charge on any atom is 0.240 e. The number of hydrogen-bond acceptors (Lipinski definition) is 3. The monoisotopic (exact) mass is 225 g/mol. The van der Waals surface area contributed by atoms with Crippen molar-refractivity contribution in [2.24, 2.45) is 17.4 Å². The first kappa shape index (κ1) is 11.4. The largest absolute Gasteiger partial charge is 0.370 e. The fraction of sp³-hybridized carbons (Fsp3) is 0.818. The molecule has 5 nitrogen and oxygen atoms in total. The van der Waals surface area contributed by atoms with Gasteiger partial charge in [-0.15, -0.1) is 0 Å². The van der Waals surface area contributed by atoms with E-state index in [1.165, 1.54) is 12.8 Å². The number of carbonyl (C=O) groups excluding carboxylic acids is 2. The van der Waals surface area contributed by atoms with E-state index in [0.29, 0.717) is 12.0 Å². The number of hydrogen-bond donors (Lipinski definition) is 2. The predicted molar refractivity (Wildman–Crippen MR) is 59.2 cm³/mol. The minimum atomic E-state index is -0.753. The van der Waals surface area contributed by atoms with E-state index in [2.05, 4.69) is 0 Å². The molecule has 2 amide bonds. The van der Waals surface area contributed by atoms with Crippen LogP contribution in [0, 0.1) is 5.92 Å². The average molecular weight is 225 g/mol. The number of carbonyl (C=O) groups is 2. The summed E-state index contributed by atoms with van der Waals surface area (Å²) >= 11 is 0. The molecule has 0 aromatic carbocycles. The van der Waals surface area contributed by atoms with Gasteiger partial charge < -0.3 is 16.4 Å². The first-order valence-corrected chi connectivity index (χ1v) is 5.92. The second kappa shape index (κ2) is 4.41. The van der Waals surface area contributed by atoms with Crippen LogP contribution in [0.4, 0.5) is 0 Å². The lowest BCUT2D eigenvalue weighted by atomic mass is 10.1. The van der Waals surface area contributed by atoms with Crippen molar-refractivity contribution >= 4 is 11.8 Å². The summed E-state index contributed by atoms with van der Waals surface area (Å²) in [4.78, 5) is 24.6. The Hall–Kier alpha value is -1.10. The van der Waals surface area contributed by atoms with Crippen molar-refractivity contribution in [3.8, 4) is 0 Å². The zero-order valence-electron chi connectivity index (χ0n) is 9.39. The smallest absolute Gasteiger partial charge is 0.240 e. The molecule has 0 aliphatic heterocycles. The third-order valence-electron chi connectivity index (χ3n) is 3.16. The van der Waals surface area contributed by atoms with Crippen LogP contribution in [0.15, 0.2) is 0 Å². The van der Waals surface area contributed by atoms with E-state index in [4.69, 9.17) is 11.5 Å². The Morgan fingerprint density at radius 1 is 1.25 bits per heavy atom. The molecule has 2 saturated carbocycles. The Labute approximate surface area is 95.1 Å². The van der Waals surface area contributed by atoms with Gasteiger partial charge in [-0.05, 0) is 31.6 Å². The molecule has 0 radical (unpaired) electrons. The minimum Gasteiger partial charge on any atom is -0.370 e. The van der Waals surface area contributed by atoms with Crippen LogP contribution in [0.3, 0.4) is 0 Å². The molecule has 1 atom stereocenters. The van der Waals surface area contributed by atoms with Gasteiger partial charge in [0.1, 0.15) is 0 Å². The van der Waals surface area contributed by atoms with Crippen LogP contribution in [0.1, 0.15) is 32.1 Å². The molecule has 90 valence electrons. The molecule has 2 fully saturated rings. The highest BCUT2D eigenvalue weighted by Crippen LogP contribution is 2.35. The Morgan fingerprint density at radius 3 is 2.31 bits per heavy atom. The van der Waals surface area contributed by atoms with Crippen molar-refractivity contribution in [2.75, 3.05) is 6.54 Å².